The summed E-state index contributed by atoms with van der Waals surface area (Å²) in [5, 5.41) is 8.75. The summed E-state index contributed by atoms with van der Waals surface area (Å²) in [5.41, 5.74) is 2.67. The third-order valence-corrected chi connectivity index (χ3v) is 2.74. The first-order valence-electron chi connectivity index (χ1n) is 5.84. The molecule has 1 aromatic carbocycles. The number of hydrogen-bond donors (Lipinski definition) is 0. The van der Waals surface area contributed by atoms with Crippen molar-refractivity contribution in [3.8, 4) is 6.07 Å². The second-order valence-corrected chi connectivity index (χ2v) is 4.15. The van der Waals surface area contributed by atoms with Gasteiger partial charge in [0.15, 0.2) is 0 Å². The highest BCUT2D eigenvalue weighted by Crippen LogP contribution is 2.16. The quantitative estimate of drug-likeness (QED) is 0.746. The summed E-state index contributed by atoms with van der Waals surface area (Å²) in [4.78, 5) is 13.9. The molecule has 0 aliphatic carbocycles. The van der Waals surface area contributed by atoms with Crippen molar-refractivity contribution in [1.82, 2.24) is 4.90 Å². The van der Waals surface area contributed by atoms with E-state index in [1.54, 1.807) is 4.90 Å². The number of carbonyl (C=O) groups excluding carboxylic acids is 1. The van der Waals surface area contributed by atoms with Crippen LogP contribution in [0, 0.1) is 25.2 Å². The Morgan fingerprint density at radius 2 is 1.94 bits per heavy atom. The van der Waals surface area contributed by atoms with Crippen LogP contribution in [0.15, 0.2) is 18.2 Å². The van der Waals surface area contributed by atoms with Gasteiger partial charge in [-0.05, 0) is 31.4 Å². The Balaban J connectivity index is 3.05. The predicted molar refractivity (Wildman–Crippen MR) is 67.7 cm³/mol. The Morgan fingerprint density at radius 3 is 2.41 bits per heavy atom. The monoisotopic (exact) mass is 230 g/mol. The lowest BCUT2D eigenvalue weighted by molar-refractivity contribution is 0.0774. The summed E-state index contributed by atoms with van der Waals surface area (Å²) in [5.74, 6) is -0.0380. The van der Waals surface area contributed by atoms with Gasteiger partial charge in [-0.3, -0.25) is 4.79 Å². The van der Waals surface area contributed by atoms with Crippen molar-refractivity contribution < 1.29 is 4.79 Å². The molecule has 0 saturated heterocycles. The van der Waals surface area contributed by atoms with Gasteiger partial charge < -0.3 is 4.90 Å². The SMILES string of the molecule is CCCN(CC#N)C(=O)c1c(C)cccc1C. The predicted octanol–water partition coefficient (Wildman–Crippen LogP) is 2.68. The lowest BCUT2D eigenvalue weighted by Crippen LogP contribution is -2.33. The zero-order chi connectivity index (χ0) is 12.8. The molecule has 3 heteroatoms. The number of nitrogens with zero attached hydrogens (tertiary/aromatic N) is 2. The van der Waals surface area contributed by atoms with Crippen molar-refractivity contribution in [2.45, 2.75) is 27.2 Å². The maximum absolute atomic E-state index is 12.3. The normalized spacial score (nSPS) is 9.76. The van der Waals surface area contributed by atoms with Gasteiger partial charge in [-0.1, -0.05) is 25.1 Å². The lowest BCUT2D eigenvalue weighted by Gasteiger charge is -2.21. The lowest BCUT2D eigenvalue weighted by atomic mass is 10.0. The molecule has 0 atom stereocenters. The Kier molecular flexibility index (Phi) is 4.71. The molecule has 0 fully saturated rings. The van der Waals surface area contributed by atoms with Crippen LogP contribution in [0.2, 0.25) is 0 Å². The molecule has 1 rings (SSSR count). The summed E-state index contributed by atoms with van der Waals surface area (Å²) in [6, 6.07) is 7.84. The molecule has 0 aliphatic rings. The molecule has 3 nitrogen and oxygen atoms in total. The highest BCUT2D eigenvalue weighted by molar-refractivity contribution is 5.97. The van der Waals surface area contributed by atoms with Gasteiger partial charge in [0.05, 0.1) is 6.07 Å². The smallest absolute Gasteiger partial charge is 0.255 e. The zero-order valence-corrected chi connectivity index (χ0v) is 10.7. The molecule has 1 amide bonds. The van der Waals surface area contributed by atoms with E-state index in [0.29, 0.717) is 6.54 Å². The second kappa shape index (κ2) is 6.05. The number of rotatable bonds is 4. The van der Waals surface area contributed by atoms with Gasteiger partial charge in [0.25, 0.3) is 5.91 Å². The van der Waals surface area contributed by atoms with Gasteiger partial charge in [0, 0.05) is 12.1 Å². The molecule has 0 bridgehead atoms. The number of amides is 1. The number of nitriles is 1. The molecule has 0 heterocycles. The van der Waals surface area contributed by atoms with E-state index in [1.165, 1.54) is 0 Å². The molecule has 1 aromatic rings. The van der Waals surface area contributed by atoms with Crippen LogP contribution < -0.4 is 0 Å². The van der Waals surface area contributed by atoms with Gasteiger partial charge in [-0.25, -0.2) is 0 Å². The molecular formula is C14H18N2O. The minimum Gasteiger partial charge on any atom is -0.325 e. The third-order valence-electron chi connectivity index (χ3n) is 2.74. The fourth-order valence-corrected chi connectivity index (χ4v) is 1.92. The fraction of sp³-hybridized carbons (Fsp3) is 0.429. The fourth-order valence-electron chi connectivity index (χ4n) is 1.92. The largest absolute Gasteiger partial charge is 0.325 e. The van der Waals surface area contributed by atoms with Gasteiger partial charge in [0.1, 0.15) is 6.54 Å². The van der Waals surface area contributed by atoms with Gasteiger partial charge in [-0.15, -0.1) is 0 Å². The summed E-state index contributed by atoms with van der Waals surface area (Å²) in [6.45, 7) is 6.64. The molecular weight excluding hydrogens is 212 g/mol. The first-order chi connectivity index (χ1) is 8.11. The van der Waals surface area contributed by atoms with Crippen LogP contribution in [0.5, 0.6) is 0 Å². The third kappa shape index (κ3) is 3.07. The molecule has 0 N–H and O–H groups in total. The van der Waals surface area contributed by atoms with Crippen molar-refractivity contribution in [1.29, 1.82) is 5.26 Å². The van der Waals surface area contributed by atoms with E-state index < -0.39 is 0 Å². The van der Waals surface area contributed by atoms with E-state index in [0.717, 1.165) is 23.1 Å². The summed E-state index contributed by atoms with van der Waals surface area (Å²) < 4.78 is 0. The Hall–Kier alpha value is -1.82. The van der Waals surface area contributed by atoms with Gasteiger partial charge >= 0.3 is 0 Å². The molecule has 0 spiro atoms. The van der Waals surface area contributed by atoms with Crippen LogP contribution >= 0.6 is 0 Å². The summed E-state index contributed by atoms with van der Waals surface area (Å²) >= 11 is 0. The highest BCUT2D eigenvalue weighted by atomic mass is 16.2. The van der Waals surface area contributed by atoms with Gasteiger partial charge in [-0.2, -0.15) is 5.26 Å². The van der Waals surface area contributed by atoms with Crippen LogP contribution in [0.3, 0.4) is 0 Å². The van der Waals surface area contributed by atoms with Gasteiger partial charge in [0.2, 0.25) is 0 Å². The standard InChI is InChI=1S/C14H18N2O/c1-4-9-16(10-8-15)14(17)13-11(2)6-5-7-12(13)3/h5-7H,4,9-10H2,1-3H3. The number of benzene rings is 1. The van der Waals surface area contributed by atoms with E-state index in [9.17, 15) is 4.79 Å². The number of carbonyl (C=O) groups is 1. The van der Waals surface area contributed by atoms with E-state index in [2.05, 4.69) is 0 Å². The second-order valence-electron chi connectivity index (χ2n) is 4.15. The Labute approximate surface area is 103 Å². The first kappa shape index (κ1) is 13.2. The van der Waals surface area contributed by atoms with Crippen molar-refractivity contribution in [2.75, 3.05) is 13.1 Å². The molecule has 0 aromatic heterocycles. The topological polar surface area (TPSA) is 44.1 Å². The van der Waals surface area contributed by atoms with Crippen LogP contribution in [0.1, 0.15) is 34.8 Å². The molecule has 0 radical (unpaired) electrons. The highest BCUT2D eigenvalue weighted by Gasteiger charge is 2.18. The Morgan fingerprint density at radius 1 is 1.35 bits per heavy atom. The zero-order valence-electron chi connectivity index (χ0n) is 10.7. The first-order valence-corrected chi connectivity index (χ1v) is 5.84. The maximum atomic E-state index is 12.3. The molecule has 17 heavy (non-hydrogen) atoms. The van der Waals surface area contributed by atoms with E-state index in [-0.39, 0.29) is 12.5 Å². The average Bonchev–Trinajstić information content (AvgIpc) is 2.28. The molecule has 90 valence electrons. The molecule has 0 saturated carbocycles. The van der Waals surface area contributed by atoms with Crippen molar-refractivity contribution >= 4 is 5.91 Å². The van der Waals surface area contributed by atoms with Crippen molar-refractivity contribution in [3.63, 3.8) is 0 Å². The average molecular weight is 230 g/mol. The van der Waals surface area contributed by atoms with E-state index in [1.807, 2.05) is 45.0 Å². The maximum Gasteiger partial charge on any atom is 0.255 e. The Bertz CT molecular complexity index is 426. The molecule has 0 aliphatic heterocycles. The van der Waals surface area contributed by atoms with Crippen LogP contribution in [0.4, 0.5) is 0 Å². The summed E-state index contributed by atoms with van der Waals surface area (Å²) in [6.07, 6.45) is 0.859. The van der Waals surface area contributed by atoms with Crippen LogP contribution in [0.25, 0.3) is 0 Å². The minimum absolute atomic E-state index is 0.0380. The molecule has 0 unspecified atom stereocenters. The van der Waals surface area contributed by atoms with Crippen LogP contribution in [-0.4, -0.2) is 23.9 Å². The van der Waals surface area contributed by atoms with Crippen molar-refractivity contribution in [3.05, 3.63) is 34.9 Å². The summed E-state index contributed by atoms with van der Waals surface area (Å²) in [7, 11) is 0. The van der Waals surface area contributed by atoms with E-state index >= 15 is 0 Å². The number of aryl methyl sites for hydroxylation is 2. The van der Waals surface area contributed by atoms with Crippen molar-refractivity contribution in [2.24, 2.45) is 0 Å². The minimum atomic E-state index is -0.0380. The number of hydrogen-bond acceptors (Lipinski definition) is 2. The van der Waals surface area contributed by atoms with Crippen LogP contribution in [-0.2, 0) is 0 Å². The van der Waals surface area contributed by atoms with E-state index in [4.69, 9.17) is 5.26 Å².